The van der Waals surface area contributed by atoms with E-state index in [4.69, 9.17) is 15.6 Å². The highest BCUT2D eigenvalue weighted by Gasteiger charge is 2.72. The molecule has 1 aliphatic heterocycles. The first-order valence-electron chi connectivity index (χ1n) is 6.09. The number of carbonyl (C=O) groups is 2. The lowest BCUT2D eigenvalue weighted by Gasteiger charge is -2.54. The number of phenolic OH excluding ortho intramolecular Hbond substituents is 1. The summed E-state index contributed by atoms with van der Waals surface area (Å²) in [5.74, 6) is -4.42. The highest BCUT2D eigenvalue weighted by molar-refractivity contribution is 5.91. The number of aromatic hydroxyl groups is 1. The van der Waals surface area contributed by atoms with E-state index in [-0.39, 0.29) is 5.75 Å². The summed E-state index contributed by atoms with van der Waals surface area (Å²) < 4.78 is 5.22. The van der Waals surface area contributed by atoms with Gasteiger partial charge in [0.25, 0.3) is 5.72 Å². The maximum absolute atomic E-state index is 11.4. The molecule has 1 fully saturated rings. The lowest BCUT2D eigenvalue weighted by atomic mass is 9.69. The van der Waals surface area contributed by atoms with Crippen molar-refractivity contribution >= 4 is 11.9 Å². The van der Waals surface area contributed by atoms with Gasteiger partial charge < -0.3 is 25.2 Å². The van der Waals surface area contributed by atoms with Crippen molar-refractivity contribution in [3.05, 3.63) is 29.8 Å². The van der Waals surface area contributed by atoms with Gasteiger partial charge in [0.05, 0.1) is 6.10 Å². The minimum atomic E-state index is -3.06. The highest BCUT2D eigenvalue weighted by Crippen LogP contribution is 2.52. The van der Waals surface area contributed by atoms with Gasteiger partial charge in [-0.2, -0.15) is 0 Å². The zero-order valence-electron chi connectivity index (χ0n) is 11.1. The predicted octanol–water partition coefficient (Wildman–Crippen LogP) is -0.345. The SMILES string of the molecule is CC1C(c2ccc(O)cc2)O[C@@]1(C(=O)O)[C@@](N)(O)C(=O)O. The Hall–Kier alpha value is -2.16. The van der Waals surface area contributed by atoms with Crippen molar-refractivity contribution in [3.8, 4) is 5.75 Å². The van der Waals surface area contributed by atoms with Crippen molar-refractivity contribution in [2.24, 2.45) is 11.7 Å². The Kier molecular flexibility index (Phi) is 3.40. The van der Waals surface area contributed by atoms with Gasteiger partial charge in [0, 0.05) is 5.92 Å². The van der Waals surface area contributed by atoms with Gasteiger partial charge in [0.1, 0.15) is 5.75 Å². The molecular weight excluding hydrogens is 282 g/mol. The zero-order valence-corrected chi connectivity index (χ0v) is 11.1. The van der Waals surface area contributed by atoms with Crippen LogP contribution in [0.5, 0.6) is 5.75 Å². The van der Waals surface area contributed by atoms with Gasteiger partial charge in [-0.1, -0.05) is 19.1 Å². The second kappa shape index (κ2) is 4.69. The molecule has 1 heterocycles. The molecule has 0 bridgehead atoms. The minimum Gasteiger partial charge on any atom is -0.508 e. The molecule has 0 spiro atoms. The molecule has 2 unspecified atom stereocenters. The standard InChI is InChI=1S/C13H15NO7/c1-6-9(7-2-4-8(15)5-3-7)21-12(6,10(16)17)13(14,20)11(18)19/h2-6,9,15,20H,14H2,1H3,(H,16,17)(H,18,19)/t6?,9?,12-,13-/m0/s1. The van der Waals surface area contributed by atoms with Gasteiger partial charge in [-0.15, -0.1) is 0 Å². The van der Waals surface area contributed by atoms with Crippen molar-refractivity contribution in [3.63, 3.8) is 0 Å². The van der Waals surface area contributed by atoms with Crippen LogP contribution in [0, 0.1) is 5.92 Å². The molecule has 1 aromatic rings. The summed E-state index contributed by atoms with van der Waals surface area (Å²) in [6.07, 6.45) is -0.754. The molecule has 0 radical (unpaired) electrons. The van der Waals surface area contributed by atoms with Gasteiger partial charge in [-0.05, 0) is 17.7 Å². The topological polar surface area (TPSA) is 150 Å². The van der Waals surface area contributed by atoms with E-state index in [1.54, 1.807) is 0 Å². The third kappa shape index (κ3) is 1.96. The van der Waals surface area contributed by atoms with E-state index in [2.05, 4.69) is 0 Å². The summed E-state index contributed by atoms with van der Waals surface area (Å²) in [5.41, 5.74) is 0.299. The van der Waals surface area contributed by atoms with Gasteiger partial charge in [-0.3, -0.25) is 5.73 Å². The van der Waals surface area contributed by atoms with Gasteiger partial charge in [-0.25, -0.2) is 9.59 Å². The molecule has 1 saturated heterocycles. The first-order chi connectivity index (χ1) is 9.64. The van der Waals surface area contributed by atoms with Crippen molar-refractivity contribution in [2.45, 2.75) is 24.4 Å². The van der Waals surface area contributed by atoms with E-state index in [0.717, 1.165) is 0 Å². The van der Waals surface area contributed by atoms with Gasteiger partial charge in [0.2, 0.25) is 5.60 Å². The van der Waals surface area contributed by atoms with Crippen LogP contribution in [-0.2, 0) is 14.3 Å². The van der Waals surface area contributed by atoms with E-state index in [0.29, 0.717) is 5.56 Å². The molecule has 1 aromatic carbocycles. The molecule has 114 valence electrons. The fourth-order valence-electron chi connectivity index (χ4n) is 2.58. The number of ether oxygens (including phenoxy) is 1. The second-order valence-electron chi connectivity index (χ2n) is 5.03. The van der Waals surface area contributed by atoms with Crippen LogP contribution in [0.25, 0.3) is 0 Å². The van der Waals surface area contributed by atoms with E-state index < -0.39 is 35.3 Å². The van der Waals surface area contributed by atoms with Crippen LogP contribution in [-0.4, -0.2) is 43.7 Å². The van der Waals surface area contributed by atoms with E-state index >= 15 is 0 Å². The average Bonchev–Trinajstić information content (AvgIpc) is 2.38. The molecule has 0 aliphatic carbocycles. The Labute approximate surface area is 119 Å². The van der Waals surface area contributed by atoms with Crippen molar-refractivity contribution in [2.75, 3.05) is 0 Å². The number of hydrogen-bond acceptors (Lipinski definition) is 6. The lowest BCUT2D eigenvalue weighted by Crippen LogP contribution is -2.78. The monoisotopic (exact) mass is 297 g/mol. The summed E-state index contributed by atoms with van der Waals surface area (Å²) in [5, 5.41) is 37.3. The molecular formula is C13H15NO7. The first kappa shape index (κ1) is 15.2. The maximum Gasteiger partial charge on any atom is 0.354 e. The Morgan fingerprint density at radius 3 is 2.19 bits per heavy atom. The second-order valence-corrected chi connectivity index (χ2v) is 5.03. The largest absolute Gasteiger partial charge is 0.508 e. The molecule has 6 N–H and O–H groups in total. The summed E-state index contributed by atoms with van der Waals surface area (Å²) in [6.45, 7) is 1.43. The molecule has 0 aromatic heterocycles. The smallest absolute Gasteiger partial charge is 0.354 e. The van der Waals surface area contributed by atoms with Crippen LogP contribution in [0.3, 0.4) is 0 Å². The summed E-state index contributed by atoms with van der Waals surface area (Å²) in [4.78, 5) is 22.5. The average molecular weight is 297 g/mol. The Morgan fingerprint density at radius 2 is 1.81 bits per heavy atom. The maximum atomic E-state index is 11.4. The highest BCUT2D eigenvalue weighted by atomic mass is 16.6. The number of benzene rings is 1. The molecule has 8 nitrogen and oxygen atoms in total. The third-order valence-electron chi connectivity index (χ3n) is 3.84. The molecule has 0 amide bonds. The Morgan fingerprint density at radius 1 is 1.29 bits per heavy atom. The predicted molar refractivity (Wildman–Crippen MR) is 68.2 cm³/mol. The van der Waals surface area contributed by atoms with Crippen LogP contribution < -0.4 is 5.73 Å². The summed E-state index contributed by atoms with van der Waals surface area (Å²) >= 11 is 0. The minimum absolute atomic E-state index is 0.0242. The molecule has 21 heavy (non-hydrogen) atoms. The van der Waals surface area contributed by atoms with Crippen molar-refractivity contribution in [1.29, 1.82) is 0 Å². The fourth-order valence-corrected chi connectivity index (χ4v) is 2.58. The zero-order chi connectivity index (χ0) is 16.0. The molecule has 4 atom stereocenters. The molecule has 2 rings (SSSR count). The van der Waals surface area contributed by atoms with Crippen LogP contribution in [0.2, 0.25) is 0 Å². The number of carboxylic acids is 2. The third-order valence-corrected chi connectivity index (χ3v) is 3.84. The number of aliphatic hydroxyl groups is 1. The summed E-state index contributed by atoms with van der Waals surface area (Å²) in [6, 6.07) is 5.80. The number of phenols is 1. The van der Waals surface area contributed by atoms with Crippen LogP contribution in [0.15, 0.2) is 24.3 Å². The summed E-state index contributed by atoms with van der Waals surface area (Å²) in [7, 11) is 0. The molecule has 1 aliphatic rings. The van der Waals surface area contributed by atoms with Crippen LogP contribution in [0.1, 0.15) is 18.6 Å². The Balaban J connectivity index is 2.36. The lowest BCUT2D eigenvalue weighted by molar-refractivity contribution is -0.315. The normalized spacial score (nSPS) is 31.0. The number of hydrogen-bond donors (Lipinski definition) is 5. The number of nitrogens with two attached hydrogens (primary N) is 1. The van der Waals surface area contributed by atoms with E-state index in [1.165, 1.54) is 31.2 Å². The number of aliphatic carboxylic acids is 2. The molecule has 0 saturated carbocycles. The van der Waals surface area contributed by atoms with Crippen molar-refractivity contribution < 1.29 is 34.8 Å². The van der Waals surface area contributed by atoms with Gasteiger partial charge in [0.15, 0.2) is 0 Å². The number of carboxylic acid groups (broad SMARTS) is 2. The van der Waals surface area contributed by atoms with Crippen molar-refractivity contribution in [1.82, 2.24) is 0 Å². The van der Waals surface area contributed by atoms with E-state index in [1.807, 2.05) is 0 Å². The molecule has 8 heteroatoms. The van der Waals surface area contributed by atoms with E-state index in [9.17, 15) is 24.9 Å². The first-order valence-corrected chi connectivity index (χ1v) is 6.09. The van der Waals surface area contributed by atoms with Gasteiger partial charge >= 0.3 is 11.9 Å². The quantitative estimate of drug-likeness (QED) is 0.473. The Bertz CT molecular complexity index is 583. The van der Waals surface area contributed by atoms with Crippen LogP contribution in [0.4, 0.5) is 0 Å². The number of rotatable bonds is 4. The fraction of sp³-hybridized carbons (Fsp3) is 0.385. The van der Waals surface area contributed by atoms with Crippen LogP contribution >= 0.6 is 0 Å².